The maximum absolute atomic E-state index is 2.41. The molecule has 2 nitrogen and oxygen atoms in total. The summed E-state index contributed by atoms with van der Waals surface area (Å²) in [4.78, 5) is 4.77. The van der Waals surface area contributed by atoms with Crippen LogP contribution in [0.1, 0.15) is 72.4 Å². The van der Waals surface area contributed by atoms with Crippen molar-refractivity contribution in [2.24, 2.45) is 0 Å². The van der Waals surface area contributed by atoms with E-state index >= 15 is 0 Å². The predicted molar refractivity (Wildman–Crippen MR) is 210 cm³/mol. The van der Waals surface area contributed by atoms with Crippen LogP contribution in [0.2, 0.25) is 0 Å². The summed E-state index contributed by atoms with van der Waals surface area (Å²) in [5.41, 5.74) is 15.1. The Balaban J connectivity index is 1.25. The van der Waals surface area contributed by atoms with Gasteiger partial charge in [0.05, 0.1) is 0 Å². The molecule has 0 unspecified atom stereocenters. The van der Waals surface area contributed by atoms with Gasteiger partial charge in [-0.1, -0.05) is 116 Å². The number of hydrogen-bond donors (Lipinski definition) is 0. The number of anilines is 6. The minimum atomic E-state index is 0.00464. The van der Waals surface area contributed by atoms with Gasteiger partial charge in [0.15, 0.2) is 0 Å². The van der Waals surface area contributed by atoms with Gasteiger partial charge in [-0.2, -0.15) is 0 Å². The Morgan fingerprint density at radius 1 is 0.429 bits per heavy atom. The van der Waals surface area contributed by atoms with Crippen molar-refractivity contribution in [3.05, 3.63) is 179 Å². The Morgan fingerprint density at radius 2 is 0.796 bits per heavy atom. The SMILES string of the molecule is CCc1cccc(N(c2ccc(C)cc2)c2ccc(C3(c4ccc(N(c5ccc(C)cc5)c5ccc(C)cc5)cc4)CCCCC3)cc2)c1. The summed E-state index contributed by atoms with van der Waals surface area (Å²) >= 11 is 0. The highest BCUT2D eigenvalue weighted by atomic mass is 15.1. The lowest BCUT2D eigenvalue weighted by Gasteiger charge is -2.39. The first-order valence-corrected chi connectivity index (χ1v) is 18.0. The quantitative estimate of drug-likeness (QED) is 0.155. The Labute approximate surface area is 293 Å². The molecule has 0 spiro atoms. The lowest BCUT2D eigenvalue weighted by molar-refractivity contribution is 0.346. The van der Waals surface area contributed by atoms with E-state index in [-0.39, 0.29) is 5.41 Å². The molecule has 6 aromatic carbocycles. The topological polar surface area (TPSA) is 6.48 Å². The van der Waals surface area contributed by atoms with Crippen LogP contribution in [-0.2, 0) is 11.8 Å². The van der Waals surface area contributed by atoms with E-state index < -0.39 is 0 Å². The number of hydrogen-bond acceptors (Lipinski definition) is 2. The van der Waals surface area contributed by atoms with Crippen molar-refractivity contribution in [2.75, 3.05) is 9.80 Å². The highest BCUT2D eigenvalue weighted by Gasteiger charge is 2.36. The first-order valence-electron chi connectivity index (χ1n) is 18.0. The average molecular weight is 641 g/mol. The molecule has 2 heteroatoms. The molecule has 0 bridgehead atoms. The minimum absolute atomic E-state index is 0.00464. The van der Waals surface area contributed by atoms with Crippen LogP contribution >= 0.6 is 0 Å². The molecule has 0 heterocycles. The molecule has 0 saturated heterocycles. The monoisotopic (exact) mass is 640 g/mol. The largest absolute Gasteiger partial charge is 0.311 e. The lowest BCUT2D eigenvalue weighted by atomic mass is 9.65. The van der Waals surface area contributed by atoms with Gasteiger partial charge in [0.25, 0.3) is 0 Å². The molecule has 7 rings (SSSR count). The van der Waals surface area contributed by atoms with Crippen molar-refractivity contribution in [1.29, 1.82) is 0 Å². The minimum Gasteiger partial charge on any atom is -0.311 e. The number of aryl methyl sites for hydroxylation is 4. The lowest BCUT2D eigenvalue weighted by Crippen LogP contribution is -2.30. The first kappa shape index (κ1) is 32.5. The fourth-order valence-electron chi connectivity index (χ4n) is 7.65. The van der Waals surface area contributed by atoms with Crippen LogP contribution in [0.3, 0.4) is 0 Å². The molecular formula is C47H48N2. The zero-order chi connectivity index (χ0) is 33.8. The molecule has 0 N–H and O–H groups in total. The second-order valence-electron chi connectivity index (χ2n) is 13.9. The maximum Gasteiger partial charge on any atom is 0.0464 e. The zero-order valence-corrected chi connectivity index (χ0v) is 29.5. The van der Waals surface area contributed by atoms with Crippen molar-refractivity contribution in [3.8, 4) is 0 Å². The number of benzene rings is 6. The molecule has 0 atom stereocenters. The molecule has 0 amide bonds. The van der Waals surface area contributed by atoms with Gasteiger partial charge in [-0.05, 0) is 130 Å². The smallest absolute Gasteiger partial charge is 0.0464 e. The van der Waals surface area contributed by atoms with Crippen molar-refractivity contribution in [3.63, 3.8) is 0 Å². The van der Waals surface area contributed by atoms with E-state index in [1.54, 1.807) is 0 Å². The molecule has 49 heavy (non-hydrogen) atoms. The summed E-state index contributed by atoms with van der Waals surface area (Å²) in [6.45, 7) is 8.67. The summed E-state index contributed by atoms with van der Waals surface area (Å²) in [7, 11) is 0. The van der Waals surface area contributed by atoms with E-state index in [1.165, 1.54) is 99.6 Å². The standard InChI is InChI=1S/C47H48N2/c1-5-38-10-9-11-46(34-38)49(43-26-16-37(4)17-27-43)45-30-20-40(21-31-45)47(32-7-6-8-33-47)39-18-28-44(29-19-39)48(41-22-12-35(2)13-23-41)42-24-14-36(3)15-25-42/h9-31,34H,5-8,32-33H2,1-4H3. The Kier molecular flexibility index (Phi) is 9.40. The van der Waals surface area contributed by atoms with E-state index in [2.05, 4.69) is 183 Å². The molecule has 6 aromatic rings. The van der Waals surface area contributed by atoms with E-state index in [1.807, 2.05) is 0 Å². The fourth-order valence-corrected chi connectivity index (χ4v) is 7.65. The van der Waals surface area contributed by atoms with Crippen LogP contribution < -0.4 is 9.80 Å². The normalized spacial score (nSPS) is 14.0. The molecule has 1 aliphatic carbocycles. The molecule has 0 aliphatic heterocycles. The van der Waals surface area contributed by atoms with Crippen LogP contribution in [0, 0.1) is 20.8 Å². The van der Waals surface area contributed by atoms with E-state index in [0.29, 0.717) is 0 Å². The summed E-state index contributed by atoms with van der Waals surface area (Å²) in [5.74, 6) is 0. The highest BCUT2D eigenvalue weighted by Crippen LogP contribution is 2.47. The molecule has 0 aromatic heterocycles. The van der Waals surface area contributed by atoms with Gasteiger partial charge in [-0.25, -0.2) is 0 Å². The van der Waals surface area contributed by atoms with Crippen LogP contribution in [0.25, 0.3) is 0 Å². The van der Waals surface area contributed by atoms with Gasteiger partial charge < -0.3 is 9.80 Å². The maximum atomic E-state index is 2.41. The third kappa shape index (κ3) is 6.78. The number of rotatable bonds is 9. The summed E-state index contributed by atoms with van der Waals surface area (Å²) < 4.78 is 0. The third-order valence-corrected chi connectivity index (χ3v) is 10.5. The van der Waals surface area contributed by atoms with Gasteiger partial charge in [0.2, 0.25) is 0 Å². The van der Waals surface area contributed by atoms with Crippen molar-refractivity contribution >= 4 is 34.1 Å². The van der Waals surface area contributed by atoms with Gasteiger partial charge >= 0.3 is 0 Å². The van der Waals surface area contributed by atoms with Crippen molar-refractivity contribution in [2.45, 2.75) is 71.6 Å². The van der Waals surface area contributed by atoms with Gasteiger partial charge in [0, 0.05) is 39.5 Å². The fraction of sp³-hybridized carbons (Fsp3) is 0.234. The second-order valence-corrected chi connectivity index (χ2v) is 13.9. The van der Waals surface area contributed by atoms with E-state index in [0.717, 1.165) is 6.42 Å². The van der Waals surface area contributed by atoms with E-state index in [4.69, 9.17) is 0 Å². The molecule has 246 valence electrons. The highest BCUT2D eigenvalue weighted by molar-refractivity contribution is 5.78. The van der Waals surface area contributed by atoms with Crippen LogP contribution in [0.4, 0.5) is 34.1 Å². The number of nitrogens with zero attached hydrogens (tertiary/aromatic N) is 2. The van der Waals surface area contributed by atoms with Gasteiger partial charge in [-0.3, -0.25) is 0 Å². The Hall–Kier alpha value is -5.08. The van der Waals surface area contributed by atoms with Crippen LogP contribution in [-0.4, -0.2) is 0 Å². The molecule has 1 fully saturated rings. The molecule has 1 aliphatic rings. The summed E-state index contributed by atoms with van der Waals surface area (Å²) in [6.07, 6.45) is 7.17. The Bertz CT molecular complexity index is 1920. The Morgan fingerprint density at radius 3 is 1.18 bits per heavy atom. The average Bonchev–Trinajstić information content (AvgIpc) is 3.15. The first-order chi connectivity index (χ1) is 23.9. The molecular weight excluding hydrogens is 593 g/mol. The van der Waals surface area contributed by atoms with Gasteiger partial charge in [0.1, 0.15) is 0 Å². The van der Waals surface area contributed by atoms with Crippen molar-refractivity contribution < 1.29 is 0 Å². The van der Waals surface area contributed by atoms with Crippen LogP contribution in [0.5, 0.6) is 0 Å². The van der Waals surface area contributed by atoms with Crippen molar-refractivity contribution in [1.82, 2.24) is 0 Å². The molecule has 0 radical (unpaired) electrons. The zero-order valence-electron chi connectivity index (χ0n) is 29.5. The molecule has 1 saturated carbocycles. The van der Waals surface area contributed by atoms with Crippen LogP contribution in [0.15, 0.2) is 146 Å². The second kappa shape index (κ2) is 14.2. The third-order valence-electron chi connectivity index (χ3n) is 10.5. The van der Waals surface area contributed by atoms with E-state index in [9.17, 15) is 0 Å². The van der Waals surface area contributed by atoms with Gasteiger partial charge in [-0.15, -0.1) is 0 Å². The summed E-state index contributed by atoms with van der Waals surface area (Å²) in [5, 5.41) is 0. The summed E-state index contributed by atoms with van der Waals surface area (Å²) in [6, 6.07) is 54.5. The predicted octanol–water partition coefficient (Wildman–Crippen LogP) is 13.4.